The van der Waals surface area contributed by atoms with Crippen molar-refractivity contribution in [1.29, 1.82) is 0 Å². The van der Waals surface area contributed by atoms with Gasteiger partial charge in [-0.05, 0) is 81.9 Å². The molecule has 2 aromatic heterocycles. The van der Waals surface area contributed by atoms with E-state index in [0.717, 1.165) is 44.6 Å². The summed E-state index contributed by atoms with van der Waals surface area (Å²) in [6.45, 7) is 10.1. The molecule has 0 saturated heterocycles. The maximum Gasteiger partial charge on any atom is 0.148 e. The predicted octanol–water partition coefficient (Wildman–Crippen LogP) is 13.2. The van der Waals surface area contributed by atoms with Gasteiger partial charge in [0.25, 0.3) is 0 Å². The first-order valence-electron chi connectivity index (χ1n) is 21.9. The maximum absolute atomic E-state index is 11.3. The molecule has 0 atom stereocenters. The Balaban J connectivity index is 0.00000595. The van der Waals surface area contributed by atoms with E-state index in [-0.39, 0.29) is 43.2 Å². The second-order valence-corrected chi connectivity index (χ2v) is 16.0. The summed E-state index contributed by atoms with van der Waals surface area (Å²) >= 11 is 0. The van der Waals surface area contributed by atoms with E-state index in [4.69, 9.17) is 19.6 Å². The molecule has 0 bridgehead atoms. The molecular formula is C51H46N3OPt-. The zero-order valence-electron chi connectivity index (χ0n) is 39.2. The van der Waals surface area contributed by atoms with E-state index in [1.54, 1.807) is 30.5 Å². The third-order valence-corrected chi connectivity index (χ3v) is 9.95. The van der Waals surface area contributed by atoms with Gasteiger partial charge in [0.1, 0.15) is 11.6 Å². The Kier molecular flexibility index (Phi) is 8.29. The van der Waals surface area contributed by atoms with E-state index >= 15 is 0 Å². The van der Waals surface area contributed by atoms with Crippen LogP contribution < -0.4 is 0 Å². The molecule has 0 radical (unpaired) electrons. The molecule has 5 heteroatoms. The van der Waals surface area contributed by atoms with Crippen molar-refractivity contribution in [2.24, 2.45) is 0 Å². The predicted molar refractivity (Wildman–Crippen MR) is 229 cm³/mol. The largest absolute Gasteiger partial charge is 0.507 e. The second kappa shape index (κ2) is 15.2. The number of benzene rings is 6. The third kappa shape index (κ3) is 7.64. The van der Waals surface area contributed by atoms with E-state index in [0.29, 0.717) is 33.7 Å². The average Bonchev–Trinajstić information content (AvgIpc) is 3.62. The van der Waals surface area contributed by atoms with E-state index < -0.39 is 36.6 Å². The zero-order valence-corrected chi connectivity index (χ0v) is 34.4. The fourth-order valence-corrected chi connectivity index (χ4v) is 6.87. The summed E-state index contributed by atoms with van der Waals surface area (Å²) in [5.74, 6) is 0.673. The number of pyridine rings is 1. The van der Waals surface area contributed by atoms with Crippen LogP contribution in [0.15, 0.2) is 146 Å². The van der Waals surface area contributed by atoms with Crippen molar-refractivity contribution >= 4 is 11.0 Å². The van der Waals surface area contributed by atoms with Crippen molar-refractivity contribution < 1.29 is 35.8 Å². The molecular weight excluding hydrogens is 866 g/mol. The van der Waals surface area contributed by atoms with Gasteiger partial charge in [-0.2, -0.15) is 0 Å². The number of aromatic hydroxyl groups is 1. The van der Waals surface area contributed by atoms with Gasteiger partial charge in [-0.15, -0.1) is 29.3 Å². The number of nitrogens with zero attached hydrogens (tertiary/aromatic N) is 3. The van der Waals surface area contributed by atoms with Crippen molar-refractivity contribution in [1.82, 2.24) is 14.5 Å². The minimum Gasteiger partial charge on any atom is -0.507 e. The van der Waals surface area contributed by atoms with E-state index in [1.165, 1.54) is 0 Å². The quantitative estimate of drug-likeness (QED) is 0.169. The fraction of sp³-hybridized carbons (Fsp3) is 0.176. The molecule has 0 amide bonds. The summed E-state index contributed by atoms with van der Waals surface area (Å²) in [6, 6.07) is 39.1. The summed E-state index contributed by atoms with van der Waals surface area (Å²) in [5, 5.41) is 11.3. The normalized spacial score (nSPS) is 13.8. The number of imidazole rings is 1. The van der Waals surface area contributed by atoms with Crippen LogP contribution in [0.1, 0.15) is 67.8 Å². The summed E-state index contributed by atoms with van der Waals surface area (Å²) in [6.07, 6.45) is 1.54. The molecule has 0 unspecified atom stereocenters. The van der Waals surface area contributed by atoms with Gasteiger partial charge in [-0.3, -0.25) is 9.55 Å². The first-order chi connectivity index (χ1) is 29.2. The number of hydrogen-bond acceptors (Lipinski definition) is 3. The molecule has 4 nitrogen and oxygen atoms in total. The number of phenolic OH excluding ortho intramolecular Hbond substituents is 1. The number of phenols is 1. The number of aromatic nitrogens is 3. The van der Waals surface area contributed by atoms with Gasteiger partial charge >= 0.3 is 0 Å². The molecule has 0 aliphatic carbocycles. The minimum absolute atomic E-state index is 0. The zero-order chi connectivity index (χ0) is 44.5. The van der Waals surface area contributed by atoms with Crippen LogP contribution >= 0.6 is 0 Å². The van der Waals surface area contributed by atoms with Gasteiger partial charge in [0.05, 0.1) is 22.1 Å². The third-order valence-electron chi connectivity index (χ3n) is 9.95. The Morgan fingerprint density at radius 2 is 1.32 bits per heavy atom. The molecule has 0 aliphatic heterocycles. The van der Waals surface area contributed by atoms with Crippen molar-refractivity contribution in [2.45, 2.75) is 59.2 Å². The van der Waals surface area contributed by atoms with Crippen LogP contribution in [0.25, 0.3) is 72.7 Å². The molecule has 0 aliphatic rings. The van der Waals surface area contributed by atoms with E-state index in [2.05, 4.69) is 88.6 Å². The van der Waals surface area contributed by atoms with Gasteiger partial charge in [-0.1, -0.05) is 149 Å². The summed E-state index contributed by atoms with van der Waals surface area (Å²) in [7, 11) is 0. The number of para-hydroxylation sites is 2. The van der Waals surface area contributed by atoms with Crippen molar-refractivity contribution in [3.05, 3.63) is 168 Å². The van der Waals surface area contributed by atoms with Gasteiger partial charge in [0.2, 0.25) is 0 Å². The Labute approximate surface area is 355 Å². The van der Waals surface area contributed by atoms with Crippen molar-refractivity contribution in [3.8, 4) is 67.5 Å². The molecule has 8 rings (SSSR count). The summed E-state index contributed by atoms with van der Waals surface area (Å²) in [4.78, 5) is 10.0. The standard InChI is InChI=1S/C51H46N3O.Pt/c1-33-20-22-35(23-21-33)36-24-25-52-45(31-36)39-26-38(28-40(29-39)50(2,3)4)43-17-13-18-46-48(43)53-49(44-16-11-12-19-47(44)55)54(46)42-30-37(34-14-9-8-10-15-34)27-41(32-42)51(5,6)7;/h8-25,27-32,55H,1-7H3;/q-1;/i1D3,20D,21D,22D,23D;. The van der Waals surface area contributed by atoms with Crippen LogP contribution in [0.4, 0.5) is 0 Å². The van der Waals surface area contributed by atoms with Crippen LogP contribution in [-0.4, -0.2) is 19.6 Å². The molecule has 6 aromatic carbocycles. The molecule has 1 N–H and O–H groups in total. The first-order valence-corrected chi connectivity index (χ1v) is 18.4. The minimum atomic E-state index is -2.82. The molecule has 0 spiro atoms. The topological polar surface area (TPSA) is 50.9 Å². The summed E-state index contributed by atoms with van der Waals surface area (Å²) < 4.78 is 60.3. The van der Waals surface area contributed by atoms with Crippen LogP contribution in [0.5, 0.6) is 5.75 Å². The van der Waals surface area contributed by atoms with Gasteiger partial charge in [0.15, 0.2) is 0 Å². The smallest absolute Gasteiger partial charge is 0.148 e. The summed E-state index contributed by atoms with van der Waals surface area (Å²) in [5.41, 5.74) is 9.16. The number of hydrogen-bond donors (Lipinski definition) is 1. The van der Waals surface area contributed by atoms with Crippen LogP contribution in [0.2, 0.25) is 0 Å². The molecule has 56 heavy (non-hydrogen) atoms. The average molecular weight is 919 g/mol. The van der Waals surface area contributed by atoms with Gasteiger partial charge in [0, 0.05) is 42.8 Å². The number of rotatable bonds is 6. The van der Waals surface area contributed by atoms with E-state index in [1.807, 2.05) is 54.6 Å². The Hall–Kier alpha value is -5.57. The van der Waals surface area contributed by atoms with Gasteiger partial charge in [-0.25, -0.2) is 4.98 Å². The van der Waals surface area contributed by atoms with Crippen LogP contribution in [0.3, 0.4) is 0 Å². The monoisotopic (exact) mass is 918 g/mol. The van der Waals surface area contributed by atoms with Crippen LogP contribution in [0, 0.1) is 12.9 Å². The Bertz CT molecular complexity index is 3010. The molecule has 8 aromatic rings. The number of fused-ring (bicyclic) bond motifs is 1. The molecule has 282 valence electrons. The molecule has 2 heterocycles. The fourth-order valence-electron chi connectivity index (χ4n) is 6.87. The molecule has 0 saturated carbocycles. The van der Waals surface area contributed by atoms with Crippen molar-refractivity contribution in [3.63, 3.8) is 0 Å². The van der Waals surface area contributed by atoms with Crippen molar-refractivity contribution in [2.75, 3.05) is 0 Å². The first kappa shape index (κ1) is 30.6. The Morgan fingerprint density at radius 1 is 0.643 bits per heavy atom. The molecule has 0 fully saturated rings. The second-order valence-electron chi connectivity index (χ2n) is 16.0. The maximum atomic E-state index is 11.3. The van der Waals surface area contributed by atoms with Gasteiger partial charge < -0.3 is 5.11 Å². The Morgan fingerprint density at radius 3 is 2.04 bits per heavy atom. The SMILES string of the molecule is [2H]c1c([2H])c(C([2H])([2H])[2H])c([2H])c([2H])c1-c1ccnc(-c2[c-]c(-c3cccc4c3nc(-c3ccccc3O)n4-c3cc(-c4ccccc4)cc(C(C)(C)C)c3)cc(C(C)(C)C)c2)c1.[Pt]. The van der Waals surface area contributed by atoms with Crippen LogP contribution in [-0.2, 0) is 31.9 Å². The van der Waals surface area contributed by atoms with E-state index in [9.17, 15) is 5.11 Å².